The van der Waals surface area contributed by atoms with E-state index in [-0.39, 0.29) is 6.61 Å². The zero-order valence-electron chi connectivity index (χ0n) is 16.6. The van der Waals surface area contributed by atoms with Gasteiger partial charge in [0.25, 0.3) is 0 Å². The summed E-state index contributed by atoms with van der Waals surface area (Å²) in [6, 6.07) is 0. The first-order valence-electron chi connectivity index (χ1n) is 10.1. The van der Waals surface area contributed by atoms with E-state index in [1.807, 2.05) is 0 Å². The van der Waals surface area contributed by atoms with Crippen molar-refractivity contribution in [1.82, 2.24) is 0 Å². The van der Waals surface area contributed by atoms with Crippen molar-refractivity contribution in [2.45, 2.75) is 83.3 Å². The Bertz CT molecular complexity index is 351. The quantitative estimate of drug-likeness (QED) is 0.177. The van der Waals surface area contributed by atoms with Crippen molar-refractivity contribution in [2.24, 2.45) is 0 Å². The van der Waals surface area contributed by atoms with Crippen LogP contribution in [-0.4, -0.2) is 65.7 Å². The molecular formula is C18H39O8P. The third-order valence-electron chi connectivity index (χ3n) is 4.02. The molecule has 0 aliphatic rings. The Labute approximate surface area is 163 Å². The first kappa shape index (κ1) is 27.0. The molecule has 0 aromatic rings. The third kappa shape index (κ3) is 16.6. The molecule has 0 heterocycles. The van der Waals surface area contributed by atoms with Gasteiger partial charge < -0.3 is 20.4 Å². The number of unbranched alkanes of at least 4 members (excludes halogenated alkanes) is 9. The zero-order valence-corrected chi connectivity index (χ0v) is 17.5. The lowest BCUT2D eigenvalue weighted by Crippen LogP contribution is -2.22. The lowest BCUT2D eigenvalue weighted by atomic mass is 10.1. The van der Waals surface area contributed by atoms with Crippen molar-refractivity contribution in [3.63, 3.8) is 0 Å². The fourth-order valence-corrected chi connectivity index (χ4v) is 3.62. The van der Waals surface area contributed by atoms with Crippen molar-refractivity contribution in [1.29, 1.82) is 0 Å². The summed E-state index contributed by atoms with van der Waals surface area (Å²) >= 11 is 0. The van der Waals surface area contributed by atoms with E-state index in [9.17, 15) is 14.8 Å². The summed E-state index contributed by atoms with van der Waals surface area (Å²) in [5, 5.41) is 36.2. The zero-order chi connectivity index (χ0) is 20.4. The standard InChI is InChI=1S/C18H39O8P/c1-2-3-4-5-6-7-8-9-10-11-12-24-27(23,25-15-17(21)13-19)26-16-18(22)14-20/h17-22H,2-16H2,1H3. The van der Waals surface area contributed by atoms with Gasteiger partial charge in [-0.3, -0.25) is 13.6 Å². The Morgan fingerprint density at radius 1 is 0.704 bits per heavy atom. The van der Waals surface area contributed by atoms with Crippen LogP contribution in [-0.2, 0) is 18.1 Å². The maximum absolute atomic E-state index is 12.5. The minimum absolute atomic E-state index is 0.165. The van der Waals surface area contributed by atoms with E-state index in [1.165, 1.54) is 44.9 Å². The molecule has 0 aromatic heterocycles. The van der Waals surface area contributed by atoms with Gasteiger partial charge in [-0.05, 0) is 6.42 Å². The topological polar surface area (TPSA) is 126 Å². The molecule has 0 rings (SSSR count). The first-order valence-corrected chi connectivity index (χ1v) is 11.5. The van der Waals surface area contributed by atoms with E-state index < -0.39 is 46.5 Å². The van der Waals surface area contributed by atoms with Crippen LogP contribution in [0.25, 0.3) is 0 Å². The normalized spacial score (nSPS) is 16.2. The minimum atomic E-state index is -3.97. The Hall–Kier alpha value is -0.0500. The highest BCUT2D eigenvalue weighted by Gasteiger charge is 2.28. The second kappa shape index (κ2) is 18.0. The van der Waals surface area contributed by atoms with E-state index in [2.05, 4.69) is 6.92 Å². The van der Waals surface area contributed by atoms with Gasteiger partial charge in [-0.1, -0.05) is 64.7 Å². The average molecular weight is 414 g/mol. The molecular weight excluding hydrogens is 375 g/mol. The van der Waals surface area contributed by atoms with Crippen molar-refractivity contribution in [3.8, 4) is 0 Å². The summed E-state index contributed by atoms with van der Waals surface area (Å²) in [5.41, 5.74) is 0. The van der Waals surface area contributed by atoms with E-state index in [0.29, 0.717) is 6.42 Å². The second-order valence-corrected chi connectivity index (χ2v) is 8.40. The number of rotatable bonds is 20. The summed E-state index contributed by atoms with van der Waals surface area (Å²) in [5.74, 6) is 0. The number of phosphoric acid groups is 1. The maximum Gasteiger partial charge on any atom is 0.474 e. The molecule has 164 valence electrons. The van der Waals surface area contributed by atoms with Gasteiger partial charge >= 0.3 is 7.82 Å². The molecule has 2 unspecified atom stereocenters. The molecule has 0 aromatic carbocycles. The Kier molecular flexibility index (Phi) is 18.0. The minimum Gasteiger partial charge on any atom is -0.394 e. The van der Waals surface area contributed by atoms with Crippen LogP contribution in [0.2, 0.25) is 0 Å². The summed E-state index contributed by atoms with van der Waals surface area (Å²) in [4.78, 5) is 0. The largest absolute Gasteiger partial charge is 0.474 e. The molecule has 27 heavy (non-hydrogen) atoms. The molecule has 0 amide bonds. The highest BCUT2D eigenvalue weighted by atomic mass is 31.2. The fraction of sp³-hybridized carbons (Fsp3) is 1.00. The number of phosphoric ester groups is 1. The Balaban J connectivity index is 3.94. The molecule has 0 spiro atoms. The molecule has 0 aliphatic heterocycles. The van der Waals surface area contributed by atoms with Crippen LogP contribution in [0.5, 0.6) is 0 Å². The number of hydrogen-bond acceptors (Lipinski definition) is 8. The fourth-order valence-electron chi connectivity index (χ4n) is 2.34. The number of aliphatic hydroxyl groups is 4. The molecule has 0 radical (unpaired) electrons. The number of aliphatic hydroxyl groups excluding tert-OH is 4. The summed E-state index contributed by atoms with van der Waals surface area (Å²) in [6.45, 7) is 0.455. The lowest BCUT2D eigenvalue weighted by Gasteiger charge is -2.20. The third-order valence-corrected chi connectivity index (χ3v) is 5.45. The Morgan fingerprint density at radius 3 is 1.52 bits per heavy atom. The van der Waals surface area contributed by atoms with Gasteiger partial charge in [0.2, 0.25) is 0 Å². The molecule has 0 saturated heterocycles. The van der Waals surface area contributed by atoms with Crippen molar-refractivity contribution in [3.05, 3.63) is 0 Å². The maximum atomic E-state index is 12.5. The smallest absolute Gasteiger partial charge is 0.394 e. The van der Waals surface area contributed by atoms with Crippen LogP contribution in [0, 0.1) is 0 Å². The highest BCUT2D eigenvalue weighted by Crippen LogP contribution is 2.49. The van der Waals surface area contributed by atoms with Gasteiger partial charge in [0, 0.05) is 0 Å². The molecule has 4 N–H and O–H groups in total. The molecule has 2 atom stereocenters. The summed E-state index contributed by atoms with van der Waals surface area (Å²) < 4.78 is 27.6. The van der Waals surface area contributed by atoms with Crippen LogP contribution >= 0.6 is 7.82 Å². The van der Waals surface area contributed by atoms with E-state index in [1.54, 1.807) is 0 Å². The molecule has 9 heteroatoms. The van der Waals surface area contributed by atoms with Gasteiger partial charge in [-0.15, -0.1) is 0 Å². The average Bonchev–Trinajstić information content (AvgIpc) is 2.68. The monoisotopic (exact) mass is 414 g/mol. The first-order chi connectivity index (χ1) is 13.0. The van der Waals surface area contributed by atoms with E-state index in [4.69, 9.17) is 23.8 Å². The van der Waals surface area contributed by atoms with Crippen LogP contribution in [0.1, 0.15) is 71.1 Å². The van der Waals surface area contributed by atoms with Crippen LogP contribution < -0.4 is 0 Å². The van der Waals surface area contributed by atoms with Gasteiger partial charge in [-0.2, -0.15) is 0 Å². The van der Waals surface area contributed by atoms with Crippen molar-refractivity contribution >= 4 is 7.82 Å². The second-order valence-electron chi connectivity index (χ2n) is 6.73. The molecule has 0 aliphatic carbocycles. The van der Waals surface area contributed by atoms with Crippen LogP contribution in [0.15, 0.2) is 0 Å². The Morgan fingerprint density at radius 2 is 1.11 bits per heavy atom. The summed E-state index contributed by atoms with van der Waals surface area (Å²) in [7, 11) is -3.97. The predicted octanol–water partition coefficient (Wildman–Crippen LogP) is 2.77. The molecule has 0 bridgehead atoms. The number of hydrogen-bond donors (Lipinski definition) is 4. The predicted molar refractivity (Wildman–Crippen MR) is 103 cm³/mol. The SMILES string of the molecule is CCCCCCCCCCCCOP(=O)(OCC(O)CO)OCC(O)CO. The van der Waals surface area contributed by atoms with Gasteiger partial charge in [0.05, 0.1) is 33.0 Å². The van der Waals surface area contributed by atoms with Gasteiger partial charge in [-0.25, -0.2) is 4.57 Å². The van der Waals surface area contributed by atoms with Gasteiger partial charge in [0.1, 0.15) is 12.2 Å². The van der Waals surface area contributed by atoms with Crippen LogP contribution in [0.3, 0.4) is 0 Å². The summed E-state index contributed by atoms with van der Waals surface area (Å²) in [6.07, 6.45) is 9.16. The lowest BCUT2D eigenvalue weighted by molar-refractivity contribution is 0.00820. The molecule has 8 nitrogen and oxygen atoms in total. The van der Waals surface area contributed by atoms with Crippen molar-refractivity contribution in [2.75, 3.05) is 33.0 Å². The highest BCUT2D eigenvalue weighted by molar-refractivity contribution is 7.48. The van der Waals surface area contributed by atoms with Crippen molar-refractivity contribution < 1.29 is 38.6 Å². The van der Waals surface area contributed by atoms with E-state index >= 15 is 0 Å². The molecule has 0 fully saturated rings. The van der Waals surface area contributed by atoms with Gasteiger partial charge in [0.15, 0.2) is 0 Å². The van der Waals surface area contributed by atoms with E-state index in [0.717, 1.165) is 12.8 Å². The molecule has 0 saturated carbocycles. The van der Waals surface area contributed by atoms with Crippen LogP contribution in [0.4, 0.5) is 0 Å².